The third-order valence-electron chi connectivity index (χ3n) is 4.18. The van der Waals surface area contributed by atoms with E-state index in [9.17, 15) is 9.90 Å². The van der Waals surface area contributed by atoms with Crippen LogP contribution in [0.3, 0.4) is 0 Å². The molecule has 27 heavy (non-hydrogen) atoms. The summed E-state index contributed by atoms with van der Waals surface area (Å²) in [6.07, 6.45) is -0.569. The summed E-state index contributed by atoms with van der Waals surface area (Å²) in [4.78, 5) is 12.5. The Morgan fingerprint density at radius 3 is 2.59 bits per heavy atom. The lowest BCUT2D eigenvalue weighted by Crippen LogP contribution is -2.46. The highest BCUT2D eigenvalue weighted by Gasteiger charge is 2.27. The molecule has 2 aromatic rings. The largest absolute Gasteiger partial charge is 0.495 e. The molecule has 1 amide bonds. The second-order valence-electron chi connectivity index (χ2n) is 6.87. The number of ether oxygens (including phenoxy) is 1. The molecule has 0 bridgehead atoms. The number of aliphatic hydroxyl groups excluding tert-OH is 1. The van der Waals surface area contributed by atoms with E-state index in [0.717, 1.165) is 11.3 Å². The highest BCUT2D eigenvalue weighted by Crippen LogP contribution is 2.26. The zero-order valence-corrected chi connectivity index (χ0v) is 16.7. The molecule has 2 rings (SSSR count). The number of rotatable bonds is 9. The van der Waals surface area contributed by atoms with Crippen LogP contribution in [0.15, 0.2) is 48.5 Å². The summed E-state index contributed by atoms with van der Waals surface area (Å²) in [5, 5.41) is 17.3. The van der Waals surface area contributed by atoms with Crippen LogP contribution >= 0.6 is 11.6 Å². The zero-order chi connectivity index (χ0) is 19.8. The van der Waals surface area contributed by atoms with E-state index in [-0.39, 0.29) is 0 Å². The van der Waals surface area contributed by atoms with Gasteiger partial charge >= 0.3 is 0 Å². The number of carbonyl (C=O) groups is 1. The first-order valence-corrected chi connectivity index (χ1v) is 9.38. The van der Waals surface area contributed by atoms with Gasteiger partial charge in [-0.1, -0.05) is 49.7 Å². The lowest BCUT2D eigenvalue weighted by atomic mass is 9.98. The molecule has 2 unspecified atom stereocenters. The fourth-order valence-corrected chi connectivity index (χ4v) is 3.07. The van der Waals surface area contributed by atoms with Crippen LogP contribution in [-0.2, 0) is 11.3 Å². The number of carbonyl (C=O) groups excluding carboxylic acids is 1. The van der Waals surface area contributed by atoms with E-state index in [1.165, 1.54) is 0 Å². The van der Waals surface area contributed by atoms with Gasteiger partial charge in [-0.05, 0) is 42.2 Å². The van der Waals surface area contributed by atoms with E-state index in [0.29, 0.717) is 29.7 Å². The second kappa shape index (κ2) is 10.2. The van der Waals surface area contributed by atoms with Crippen molar-refractivity contribution >= 4 is 23.2 Å². The highest BCUT2D eigenvalue weighted by atomic mass is 35.5. The minimum atomic E-state index is -1.20. The maximum absolute atomic E-state index is 12.5. The number of benzene rings is 2. The molecule has 0 saturated carbocycles. The van der Waals surface area contributed by atoms with Crippen molar-refractivity contribution < 1.29 is 14.6 Å². The minimum absolute atomic E-state index is 0.299. The van der Waals surface area contributed by atoms with Gasteiger partial charge in [0.1, 0.15) is 5.75 Å². The second-order valence-corrected chi connectivity index (χ2v) is 7.31. The summed E-state index contributed by atoms with van der Waals surface area (Å²) in [7, 11) is 1.59. The maximum Gasteiger partial charge on any atom is 0.251 e. The molecule has 2 aromatic carbocycles. The molecule has 3 N–H and O–H groups in total. The molecule has 0 aromatic heterocycles. The number of amides is 1. The van der Waals surface area contributed by atoms with Crippen molar-refractivity contribution in [2.24, 2.45) is 5.92 Å². The molecule has 0 aliphatic rings. The molecule has 0 radical (unpaired) electrons. The quantitative estimate of drug-likeness (QED) is 0.608. The van der Waals surface area contributed by atoms with E-state index < -0.39 is 18.1 Å². The van der Waals surface area contributed by atoms with E-state index in [1.807, 2.05) is 50.2 Å². The van der Waals surface area contributed by atoms with Gasteiger partial charge in [0.05, 0.1) is 18.8 Å². The van der Waals surface area contributed by atoms with Crippen molar-refractivity contribution in [2.45, 2.75) is 39.0 Å². The predicted octanol–water partition coefficient (Wildman–Crippen LogP) is 3.85. The van der Waals surface area contributed by atoms with Crippen LogP contribution in [0.1, 0.15) is 25.8 Å². The summed E-state index contributed by atoms with van der Waals surface area (Å²) in [6.45, 7) is 4.40. The smallest absolute Gasteiger partial charge is 0.251 e. The summed E-state index contributed by atoms with van der Waals surface area (Å²) in [5.74, 6) is 0.536. The molecular weight excluding hydrogens is 364 g/mol. The molecule has 146 valence electrons. The van der Waals surface area contributed by atoms with E-state index in [4.69, 9.17) is 16.3 Å². The molecule has 0 saturated heterocycles. The summed E-state index contributed by atoms with van der Waals surface area (Å²) >= 11 is 5.97. The average Bonchev–Trinajstić information content (AvgIpc) is 2.65. The third-order valence-corrected chi connectivity index (χ3v) is 4.41. The van der Waals surface area contributed by atoms with Crippen LogP contribution in [0, 0.1) is 5.92 Å². The van der Waals surface area contributed by atoms with Crippen LogP contribution in [0.5, 0.6) is 5.75 Å². The van der Waals surface area contributed by atoms with Crippen LogP contribution in [0.4, 0.5) is 5.69 Å². The first kappa shape index (κ1) is 21.1. The minimum Gasteiger partial charge on any atom is -0.495 e. The van der Waals surface area contributed by atoms with Gasteiger partial charge in [0.2, 0.25) is 0 Å². The first-order valence-electron chi connectivity index (χ1n) is 9.00. The van der Waals surface area contributed by atoms with Crippen molar-refractivity contribution in [3.8, 4) is 5.75 Å². The van der Waals surface area contributed by atoms with Gasteiger partial charge in [-0.3, -0.25) is 4.79 Å². The Labute approximate surface area is 165 Å². The lowest BCUT2D eigenvalue weighted by Gasteiger charge is -2.27. The number of hydrogen-bond donors (Lipinski definition) is 3. The number of halogens is 1. The van der Waals surface area contributed by atoms with Crippen LogP contribution in [-0.4, -0.2) is 30.3 Å². The average molecular weight is 391 g/mol. The number of methoxy groups -OCH3 is 1. The monoisotopic (exact) mass is 390 g/mol. The molecule has 0 fully saturated rings. The van der Waals surface area contributed by atoms with E-state index >= 15 is 0 Å². The molecule has 0 heterocycles. The first-order chi connectivity index (χ1) is 12.9. The van der Waals surface area contributed by atoms with Gasteiger partial charge in [-0.25, -0.2) is 0 Å². The molecule has 0 aliphatic heterocycles. The van der Waals surface area contributed by atoms with Crippen LogP contribution < -0.4 is 15.4 Å². The number of aliphatic hydroxyl groups is 1. The molecule has 5 nitrogen and oxygen atoms in total. The summed E-state index contributed by atoms with van der Waals surface area (Å²) in [6, 6.07) is 14.3. The Balaban J connectivity index is 2.06. The number of nitrogens with one attached hydrogen (secondary N) is 2. The highest BCUT2D eigenvalue weighted by molar-refractivity contribution is 6.30. The van der Waals surface area contributed by atoms with Gasteiger partial charge in [0.15, 0.2) is 6.10 Å². The molecular formula is C21H27ClN2O3. The molecule has 0 aliphatic carbocycles. The lowest BCUT2D eigenvalue weighted by molar-refractivity contribution is -0.130. The van der Waals surface area contributed by atoms with Gasteiger partial charge in [0, 0.05) is 11.6 Å². The van der Waals surface area contributed by atoms with Gasteiger partial charge in [-0.2, -0.15) is 0 Å². The Hall–Kier alpha value is -2.24. The third kappa shape index (κ3) is 6.45. The van der Waals surface area contributed by atoms with Crippen molar-refractivity contribution in [3.63, 3.8) is 0 Å². The van der Waals surface area contributed by atoms with E-state index in [1.54, 1.807) is 19.2 Å². The normalized spacial score (nSPS) is 13.1. The van der Waals surface area contributed by atoms with Crippen molar-refractivity contribution in [1.29, 1.82) is 0 Å². The Morgan fingerprint density at radius 1 is 1.19 bits per heavy atom. The van der Waals surface area contributed by atoms with Gasteiger partial charge in [0.25, 0.3) is 5.91 Å². The van der Waals surface area contributed by atoms with Crippen molar-refractivity contribution in [2.75, 3.05) is 12.4 Å². The summed E-state index contributed by atoms with van der Waals surface area (Å²) < 4.78 is 5.35. The molecule has 2 atom stereocenters. The Kier molecular flexibility index (Phi) is 7.95. The predicted molar refractivity (Wildman–Crippen MR) is 109 cm³/mol. The maximum atomic E-state index is 12.5. The van der Waals surface area contributed by atoms with E-state index in [2.05, 4.69) is 10.6 Å². The number of hydrogen-bond acceptors (Lipinski definition) is 4. The van der Waals surface area contributed by atoms with Crippen LogP contribution in [0.2, 0.25) is 5.02 Å². The number of anilines is 1. The fraction of sp³-hybridized carbons (Fsp3) is 0.381. The van der Waals surface area contributed by atoms with Crippen LogP contribution in [0.25, 0.3) is 0 Å². The van der Waals surface area contributed by atoms with Gasteiger partial charge in [-0.15, -0.1) is 0 Å². The standard InChI is InChI=1S/C21H27ClN2O3/c1-14(2)11-18(24-17-9-4-5-10-19(17)27-3)20(25)21(26)23-13-15-7-6-8-16(22)12-15/h4-10,12,14,18,20,24-25H,11,13H2,1-3H3,(H,23,26). The van der Waals surface area contributed by atoms with Crippen molar-refractivity contribution in [3.05, 3.63) is 59.1 Å². The Morgan fingerprint density at radius 2 is 1.93 bits per heavy atom. The summed E-state index contributed by atoms with van der Waals surface area (Å²) in [5.41, 5.74) is 1.62. The molecule has 6 heteroatoms. The number of para-hydroxylation sites is 2. The van der Waals surface area contributed by atoms with Crippen molar-refractivity contribution in [1.82, 2.24) is 5.32 Å². The zero-order valence-electron chi connectivity index (χ0n) is 15.9. The SMILES string of the molecule is COc1ccccc1NC(CC(C)C)C(O)C(=O)NCc1cccc(Cl)c1. The topological polar surface area (TPSA) is 70.6 Å². The van der Waals surface area contributed by atoms with Gasteiger partial charge < -0.3 is 20.5 Å². The Bertz CT molecular complexity index is 752. The fourth-order valence-electron chi connectivity index (χ4n) is 2.86. The molecule has 0 spiro atoms.